The second-order valence-electron chi connectivity index (χ2n) is 9.13. The first-order valence-electron chi connectivity index (χ1n) is 11.3. The molecule has 0 spiro atoms. The van der Waals surface area contributed by atoms with Crippen molar-refractivity contribution in [3.8, 4) is 11.3 Å². The van der Waals surface area contributed by atoms with Gasteiger partial charge >= 0.3 is 0 Å². The number of nitrogens with one attached hydrogen (secondary N) is 1. The van der Waals surface area contributed by atoms with Gasteiger partial charge in [-0.2, -0.15) is 0 Å². The minimum atomic E-state index is -3.58. The largest absolute Gasteiger partial charge is 0.393 e. The van der Waals surface area contributed by atoms with Gasteiger partial charge in [0.15, 0.2) is 0 Å². The summed E-state index contributed by atoms with van der Waals surface area (Å²) in [5.74, 6) is 0.240. The van der Waals surface area contributed by atoms with E-state index in [9.17, 15) is 18.6 Å². The zero-order chi connectivity index (χ0) is 25.7. The Bertz CT molecular complexity index is 1550. The van der Waals surface area contributed by atoms with Gasteiger partial charge in [0.1, 0.15) is 11.4 Å². The molecule has 2 atom stereocenters. The first-order valence-corrected chi connectivity index (χ1v) is 14.1. The molecule has 3 aromatic heterocycles. The zero-order valence-corrected chi connectivity index (χ0v) is 21.7. The number of hydrogen-bond donors (Lipinski definition) is 4. The number of anilines is 1. The van der Waals surface area contributed by atoms with E-state index in [1.807, 2.05) is 24.3 Å². The van der Waals surface area contributed by atoms with Crippen LogP contribution in [0.15, 0.2) is 54.7 Å². The van der Waals surface area contributed by atoms with Crippen molar-refractivity contribution in [3.63, 3.8) is 0 Å². The Morgan fingerprint density at radius 3 is 2.75 bits per heavy atom. The minimum Gasteiger partial charge on any atom is -0.393 e. The summed E-state index contributed by atoms with van der Waals surface area (Å²) in [7, 11) is -3.58. The van der Waals surface area contributed by atoms with E-state index >= 15 is 0 Å². The normalized spacial score (nSPS) is 16.7. The van der Waals surface area contributed by atoms with Crippen molar-refractivity contribution < 1.29 is 18.6 Å². The van der Waals surface area contributed by atoms with Crippen LogP contribution in [-0.2, 0) is 15.6 Å². The Labute approximate surface area is 217 Å². The van der Waals surface area contributed by atoms with Crippen LogP contribution >= 0.6 is 22.9 Å². The van der Waals surface area contributed by atoms with Crippen LogP contribution < -0.4 is 10.5 Å². The number of aliphatic hydroxyl groups is 2. The predicted octanol–water partition coefficient (Wildman–Crippen LogP) is 3.96. The first kappa shape index (κ1) is 25.1. The molecule has 3 heterocycles. The first-order chi connectivity index (χ1) is 17.1. The van der Waals surface area contributed by atoms with Crippen molar-refractivity contribution in [3.05, 3.63) is 75.9 Å². The number of aliphatic hydroxyl groups excluding tert-OH is 1. The maximum Gasteiger partial charge on any atom is 0.215 e. The molecule has 1 aliphatic carbocycles. The van der Waals surface area contributed by atoms with Crippen LogP contribution in [0.25, 0.3) is 21.3 Å². The average molecular weight is 545 g/mol. The van der Waals surface area contributed by atoms with E-state index in [1.54, 1.807) is 30.5 Å². The van der Waals surface area contributed by atoms with E-state index in [-0.39, 0.29) is 5.82 Å². The minimum absolute atomic E-state index is 0.240. The standard InChI is InChI=1S/C25H25ClN4O4S2/c1-25(32,13-31)15-9-10-28-19(12-15)17-4-2-3-14-11-20(35-24(14)17)23(30-36(33,34)16-5-6-16)22-18(26)7-8-21(27)29-22/h2-4,7-12,16,23,30-32H,5-6,13H2,1H3,(H2,27,29)/t23-,25+/m0/s1. The van der Waals surface area contributed by atoms with Crippen molar-refractivity contribution in [2.24, 2.45) is 0 Å². The van der Waals surface area contributed by atoms with Crippen molar-refractivity contribution in [1.29, 1.82) is 0 Å². The van der Waals surface area contributed by atoms with Gasteiger partial charge in [-0.3, -0.25) is 4.98 Å². The van der Waals surface area contributed by atoms with Gasteiger partial charge in [0, 0.05) is 21.3 Å². The number of halogens is 1. The van der Waals surface area contributed by atoms with Gasteiger partial charge in [0.05, 0.1) is 34.3 Å². The fourth-order valence-corrected chi connectivity index (χ4v) is 7.04. The van der Waals surface area contributed by atoms with Crippen LogP contribution in [0.5, 0.6) is 0 Å². The Morgan fingerprint density at radius 2 is 2.03 bits per heavy atom. The lowest BCUT2D eigenvalue weighted by molar-refractivity contribution is -0.00230. The predicted molar refractivity (Wildman–Crippen MR) is 142 cm³/mol. The molecule has 0 bridgehead atoms. The van der Waals surface area contributed by atoms with E-state index in [4.69, 9.17) is 17.3 Å². The van der Waals surface area contributed by atoms with E-state index in [1.165, 1.54) is 18.3 Å². The topological polar surface area (TPSA) is 138 Å². The number of rotatable bonds is 8. The summed E-state index contributed by atoms with van der Waals surface area (Å²) in [4.78, 5) is 9.57. The second kappa shape index (κ2) is 9.37. The van der Waals surface area contributed by atoms with E-state index in [0.717, 1.165) is 15.6 Å². The quantitative estimate of drug-likeness (QED) is 0.263. The number of hydrogen-bond acceptors (Lipinski definition) is 8. The number of nitrogens with two attached hydrogens (primary N) is 1. The molecule has 5 N–H and O–H groups in total. The van der Waals surface area contributed by atoms with Crippen LogP contribution in [-0.4, -0.2) is 40.5 Å². The Kier molecular flexibility index (Phi) is 6.52. The molecule has 0 radical (unpaired) electrons. The molecule has 11 heteroatoms. The third kappa shape index (κ3) is 4.84. The SMILES string of the molecule is C[C@@](O)(CO)c1ccnc(-c2cccc3cc([C@H](NS(=O)(=O)C4CC4)c4nc(N)ccc4Cl)sc23)c1. The molecule has 1 saturated carbocycles. The lowest BCUT2D eigenvalue weighted by atomic mass is 9.96. The smallest absolute Gasteiger partial charge is 0.215 e. The summed E-state index contributed by atoms with van der Waals surface area (Å²) in [6.07, 6.45) is 2.83. The summed E-state index contributed by atoms with van der Waals surface area (Å²) in [6.45, 7) is 1.11. The van der Waals surface area contributed by atoms with Crippen LogP contribution in [0.3, 0.4) is 0 Å². The Morgan fingerprint density at radius 1 is 1.25 bits per heavy atom. The molecule has 0 aliphatic heterocycles. The molecule has 1 fully saturated rings. The van der Waals surface area contributed by atoms with Crippen molar-refractivity contribution >= 4 is 48.9 Å². The lowest BCUT2D eigenvalue weighted by Crippen LogP contribution is -2.32. The van der Waals surface area contributed by atoms with E-state index < -0.39 is 33.5 Å². The van der Waals surface area contributed by atoms with Gasteiger partial charge in [0.25, 0.3) is 0 Å². The third-order valence-corrected chi connectivity index (χ3v) is 9.71. The summed E-state index contributed by atoms with van der Waals surface area (Å²) in [6, 6.07) is 13.4. The monoisotopic (exact) mass is 544 g/mol. The van der Waals surface area contributed by atoms with Crippen LogP contribution in [0.2, 0.25) is 5.02 Å². The van der Waals surface area contributed by atoms with Gasteiger partial charge in [0.2, 0.25) is 10.0 Å². The molecule has 0 amide bonds. The highest BCUT2D eigenvalue weighted by molar-refractivity contribution is 7.90. The lowest BCUT2D eigenvalue weighted by Gasteiger charge is -2.21. The van der Waals surface area contributed by atoms with Crippen molar-refractivity contribution in [2.75, 3.05) is 12.3 Å². The highest BCUT2D eigenvalue weighted by Crippen LogP contribution is 2.41. The molecule has 1 aliphatic rings. The van der Waals surface area contributed by atoms with Crippen LogP contribution in [0.1, 0.15) is 41.9 Å². The second-order valence-corrected chi connectivity index (χ2v) is 12.6. The molecule has 36 heavy (non-hydrogen) atoms. The van der Waals surface area contributed by atoms with Crippen LogP contribution in [0, 0.1) is 0 Å². The number of nitrogens with zero attached hydrogens (tertiary/aromatic N) is 2. The fourth-order valence-electron chi connectivity index (χ4n) is 3.99. The maximum absolute atomic E-state index is 12.9. The van der Waals surface area contributed by atoms with Crippen molar-refractivity contribution in [1.82, 2.24) is 14.7 Å². The number of nitrogen functional groups attached to an aromatic ring is 1. The number of aromatic nitrogens is 2. The van der Waals surface area contributed by atoms with Gasteiger partial charge in [-0.25, -0.2) is 18.1 Å². The van der Waals surface area contributed by atoms with Gasteiger partial charge in [-0.1, -0.05) is 29.8 Å². The highest BCUT2D eigenvalue weighted by atomic mass is 35.5. The molecular formula is C25H25ClN4O4S2. The highest BCUT2D eigenvalue weighted by Gasteiger charge is 2.38. The molecule has 4 aromatic rings. The maximum atomic E-state index is 12.9. The third-order valence-electron chi connectivity index (χ3n) is 6.23. The molecule has 5 rings (SSSR count). The summed E-state index contributed by atoms with van der Waals surface area (Å²) >= 11 is 7.87. The number of benzene rings is 1. The zero-order valence-electron chi connectivity index (χ0n) is 19.3. The molecule has 0 saturated heterocycles. The number of thiophene rings is 1. The van der Waals surface area contributed by atoms with Gasteiger partial charge in [-0.05, 0) is 61.0 Å². The number of sulfonamides is 1. The van der Waals surface area contributed by atoms with E-state index in [2.05, 4.69) is 14.7 Å². The molecule has 1 aromatic carbocycles. The Hall–Kier alpha value is -2.60. The molecule has 8 nitrogen and oxygen atoms in total. The summed E-state index contributed by atoms with van der Waals surface area (Å²) in [5.41, 5.74) is 6.83. The number of fused-ring (bicyclic) bond motifs is 1. The average Bonchev–Trinajstić information content (AvgIpc) is 3.64. The van der Waals surface area contributed by atoms with Gasteiger partial charge in [-0.15, -0.1) is 11.3 Å². The molecule has 188 valence electrons. The van der Waals surface area contributed by atoms with Crippen LogP contribution in [0.4, 0.5) is 5.82 Å². The molecule has 0 unspecified atom stereocenters. The Balaban J connectivity index is 1.64. The summed E-state index contributed by atoms with van der Waals surface area (Å²) in [5, 5.41) is 20.9. The van der Waals surface area contributed by atoms with E-state index in [0.29, 0.717) is 39.7 Å². The molecular weight excluding hydrogens is 520 g/mol. The number of pyridine rings is 2. The van der Waals surface area contributed by atoms with Gasteiger partial charge < -0.3 is 15.9 Å². The van der Waals surface area contributed by atoms with Crippen molar-refractivity contribution in [2.45, 2.75) is 36.7 Å². The fraction of sp³-hybridized carbons (Fsp3) is 0.280. The summed E-state index contributed by atoms with van der Waals surface area (Å²) < 4.78 is 29.6.